The molecule has 1 fully saturated rings. The minimum absolute atomic E-state index is 0.160. The number of fused-ring (bicyclic) bond motifs is 1. The minimum atomic E-state index is -3.23. The van der Waals surface area contributed by atoms with E-state index in [0.717, 1.165) is 0 Å². The fourth-order valence-corrected chi connectivity index (χ4v) is 3.89. The van der Waals surface area contributed by atoms with E-state index in [0.29, 0.717) is 44.1 Å². The number of sulfonamides is 1. The van der Waals surface area contributed by atoms with Crippen molar-refractivity contribution in [3.05, 3.63) is 24.3 Å². The lowest BCUT2D eigenvalue weighted by Crippen LogP contribution is -2.51. The van der Waals surface area contributed by atoms with Crippen molar-refractivity contribution >= 4 is 15.9 Å². The molecular formula is C16H22N2O5S. The molecule has 0 bridgehead atoms. The second-order valence-electron chi connectivity index (χ2n) is 6.15. The number of nitrogens with zero attached hydrogens (tertiary/aromatic N) is 2. The number of carbonyl (C=O) groups excluding carboxylic acids is 1. The van der Waals surface area contributed by atoms with Gasteiger partial charge < -0.3 is 14.4 Å². The molecule has 2 heterocycles. The number of hydrogen-bond donors (Lipinski definition) is 0. The van der Waals surface area contributed by atoms with Gasteiger partial charge in [0.2, 0.25) is 16.1 Å². The highest BCUT2D eigenvalue weighted by atomic mass is 32.2. The Morgan fingerprint density at radius 1 is 1.08 bits per heavy atom. The minimum Gasteiger partial charge on any atom is -0.482 e. The van der Waals surface area contributed by atoms with Crippen molar-refractivity contribution in [1.82, 2.24) is 9.21 Å². The molecule has 2 aliphatic heterocycles. The Hall–Kier alpha value is -1.80. The van der Waals surface area contributed by atoms with E-state index >= 15 is 0 Å². The van der Waals surface area contributed by atoms with Crippen LogP contribution < -0.4 is 9.47 Å². The molecule has 0 N–H and O–H groups in total. The van der Waals surface area contributed by atoms with Gasteiger partial charge in [0.1, 0.15) is 6.10 Å². The largest absolute Gasteiger partial charge is 0.482 e. The topological polar surface area (TPSA) is 76.2 Å². The van der Waals surface area contributed by atoms with Gasteiger partial charge in [0.05, 0.1) is 6.26 Å². The van der Waals surface area contributed by atoms with E-state index in [1.165, 1.54) is 10.6 Å². The van der Waals surface area contributed by atoms with E-state index in [1.807, 2.05) is 18.2 Å². The van der Waals surface area contributed by atoms with Crippen molar-refractivity contribution in [3.63, 3.8) is 0 Å². The van der Waals surface area contributed by atoms with Gasteiger partial charge in [-0.2, -0.15) is 0 Å². The zero-order valence-corrected chi connectivity index (χ0v) is 14.7. The van der Waals surface area contributed by atoms with Crippen LogP contribution in [0.2, 0.25) is 0 Å². The molecule has 8 heteroatoms. The molecule has 2 unspecified atom stereocenters. The van der Waals surface area contributed by atoms with Gasteiger partial charge in [0.25, 0.3) is 5.91 Å². The fraction of sp³-hybridized carbons (Fsp3) is 0.562. The van der Waals surface area contributed by atoms with Crippen molar-refractivity contribution in [1.29, 1.82) is 0 Å². The van der Waals surface area contributed by atoms with Crippen LogP contribution >= 0.6 is 0 Å². The van der Waals surface area contributed by atoms with Crippen LogP contribution in [0.15, 0.2) is 24.3 Å². The molecule has 0 aliphatic carbocycles. The second kappa shape index (κ2) is 6.60. The van der Waals surface area contributed by atoms with Gasteiger partial charge in [0.15, 0.2) is 11.5 Å². The van der Waals surface area contributed by atoms with E-state index < -0.39 is 22.2 Å². The Bertz CT molecular complexity index is 721. The van der Waals surface area contributed by atoms with E-state index in [4.69, 9.17) is 9.47 Å². The van der Waals surface area contributed by atoms with Crippen molar-refractivity contribution < 1.29 is 22.7 Å². The first-order chi connectivity index (χ1) is 11.4. The van der Waals surface area contributed by atoms with Crippen molar-refractivity contribution in [2.45, 2.75) is 25.6 Å². The Morgan fingerprint density at radius 3 is 2.42 bits per heavy atom. The first-order valence-corrected chi connectivity index (χ1v) is 9.87. The standard InChI is InChI=1S/C16H22N2O5S/c1-12-15(23-14-7-4-3-6-13(14)22-12)16(19)17-8-5-9-18(11-10-17)24(2,20)21/h3-4,6-7,12,15H,5,8-11H2,1-2H3. The molecule has 1 saturated heterocycles. The normalized spacial score (nSPS) is 25.2. The summed E-state index contributed by atoms with van der Waals surface area (Å²) >= 11 is 0. The van der Waals surface area contributed by atoms with Gasteiger partial charge in [-0.05, 0) is 25.5 Å². The third-order valence-corrected chi connectivity index (χ3v) is 5.62. The summed E-state index contributed by atoms with van der Waals surface area (Å²) < 4.78 is 36.4. The number of amides is 1. The number of benzene rings is 1. The monoisotopic (exact) mass is 354 g/mol. The lowest BCUT2D eigenvalue weighted by molar-refractivity contribution is -0.144. The van der Waals surface area contributed by atoms with E-state index in [1.54, 1.807) is 17.9 Å². The molecule has 7 nitrogen and oxygen atoms in total. The summed E-state index contributed by atoms with van der Waals surface area (Å²) in [5.41, 5.74) is 0. The molecular weight excluding hydrogens is 332 g/mol. The Kier molecular flexibility index (Phi) is 4.69. The number of para-hydroxylation sites is 2. The van der Waals surface area contributed by atoms with Gasteiger partial charge >= 0.3 is 0 Å². The van der Waals surface area contributed by atoms with Crippen LogP contribution in [0.3, 0.4) is 0 Å². The highest BCUT2D eigenvalue weighted by molar-refractivity contribution is 7.88. The van der Waals surface area contributed by atoms with Gasteiger partial charge in [0, 0.05) is 26.2 Å². The molecule has 3 rings (SSSR count). The third kappa shape index (κ3) is 3.49. The second-order valence-corrected chi connectivity index (χ2v) is 8.13. The van der Waals surface area contributed by atoms with Crippen molar-refractivity contribution in [2.75, 3.05) is 32.4 Å². The molecule has 1 aromatic carbocycles. The van der Waals surface area contributed by atoms with Crippen LogP contribution in [0.5, 0.6) is 11.5 Å². The average Bonchev–Trinajstić information content (AvgIpc) is 2.79. The van der Waals surface area contributed by atoms with Gasteiger partial charge in [-0.1, -0.05) is 12.1 Å². The van der Waals surface area contributed by atoms with Gasteiger partial charge in [-0.3, -0.25) is 4.79 Å². The molecule has 0 saturated carbocycles. The summed E-state index contributed by atoms with van der Waals surface area (Å²) in [5.74, 6) is 1.03. The predicted molar refractivity (Wildman–Crippen MR) is 88.6 cm³/mol. The highest BCUT2D eigenvalue weighted by Crippen LogP contribution is 2.34. The van der Waals surface area contributed by atoms with Crippen molar-refractivity contribution in [3.8, 4) is 11.5 Å². The maximum atomic E-state index is 12.8. The SMILES string of the molecule is CC1Oc2ccccc2OC1C(=O)N1CCCN(S(C)(=O)=O)CC1. The summed E-state index contributed by atoms with van der Waals surface area (Å²) in [4.78, 5) is 14.5. The van der Waals surface area contributed by atoms with E-state index in [-0.39, 0.29) is 5.91 Å². The smallest absolute Gasteiger partial charge is 0.267 e. The van der Waals surface area contributed by atoms with E-state index in [2.05, 4.69) is 0 Å². The molecule has 0 radical (unpaired) electrons. The summed E-state index contributed by atoms with van der Waals surface area (Å²) in [6.07, 6.45) is 0.685. The quantitative estimate of drug-likeness (QED) is 0.782. The Balaban J connectivity index is 1.70. The van der Waals surface area contributed by atoms with Crippen LogP contribution in [0.4, 0.5) is 0 Å². The first kappa shape index (κ1) is 17.0. The molecule has 2 aliphatic rings. The Morgan fingerprint density at radius 2 is 1.75 bits per heavy atom. The van der Waals surface area contributed by atoms with Crippen LogP contribution in [-0.4, -0.2) is 68.2 Å². The summed E-state index contributed by atoms with van der Waals surface area (Å²) in [6.45, 7) is 3.42. The summed E-state index contributed by atoms with van der Waals surface area (Å²) in [7, 11) is -3.23. The summed E-state index contributed by atoms with van der Waals surface area (Å²) in [6, 6.07) is 7.26. The van der Waals surface area contributed by atoms with Gasteiger partial charge in [-0.15, -0.1) is 0 Å². The maximum absolute atomic E-state index is 12.8. The van der Waals surface area contributed by atoms with Crippen LogP contribution in [0, 0.1) is 0 Å². The summed E-state index contributed by atoms with van der Waals surface area (Å²) in [5, 5.41) is 0. The number of carbonyl (C=O) groups is 1. The lowest BCUT2D eigenvalue weighted by Gasteiger charge is -2.34. The maximum Gasteiger partial charge on any atom is 0.267 e. The van der Waals surface area contributed by atoms with Crippen molar-refractivity contribution in [2.24, 2.45) is 0 Å². The van der Waals surface area contributed by atoms with Crippen LogP contribution in [-0.2, 0) is 14.8 Å². The molecule has 2 atom stereocenters. The third-order valence-electron chi connectivity index (χ3n) is 4.32. The highest BCUT2D eigenvalue weighted by Gasteiger charge is 2.37. The molecule has 24 heavy (non-hydrogen) atoms. The first-order valence-electron chi connectivity index (χ1n) is 8.02. The molecule has 0 spiro atoms. The molecule has 0 aromatic heterocycles. The zero-order valence-electron chi connectivity index (χ0n) is 13.8. The van der Waals surface area contributed by atoms with E-state index in [9.17, 15) is 13.2 Å². The molecule has 1 amide bonds. The number of ether oxygens (including phenoxy) is 2. The predicted octanol–water partition coefficient (Wildman–Crippen LogP) is 0.709. The van der Waals surface area contributed by atoms with Crippen LogP contribution in [0.1, 0.15) is 13.3 Å². The molecule has 132 valence electrons. The molecule has 1 aromatic rings. The average molecular weight is 354 g/mol. The number of hydrogen-bond acceptors (Lipinski definition) is 5. The lowest BCUT2D eigenvalue weighted by atomic mass is 10.1. The zero-order chi connectivity index (χ0) is 17.3. The van der Waals surface area contributed by atoms with Gasteiger partial charge in [-0.25, -0.2) is 12.7 Å². The fourth-order valence-electron chi connectivity index (χ4n) is 3.02. The Labute approximate surface area is 142 Å². The van der Waals surface area contributed by atoms with Crippen LogP contribution in [0.25, 0.3) is 0 Å². The number of rotatable bonds is 2.